The number of amides is 2. The summed E-state index contributed by atoms with van der Waals surface area (Å²) >= 11 is 0. The Labute approximate surface area is 156 Å². The lowest BCUT2D eigenvalue weighted by atomic mass is 10.1. The lowest BCUT2D eigenvalue weighted by molar-refractivity contribution is -0.132. The summed E-state index contributed by atoms with van der Waals surface area (Å²) in [5.74, 6) is 1.61. The first kappa shape index (κ1) is 21.5. The maximum Gasteiger partial charge on any atom is 0.257 e. The Kier molecular flexibility index (Phi) is 9.00. The first-order valence-corrected chi connectivity index (χ1v) is 8.87. The molecule has 0 aromatic carbocycles. The highest BCUT2D eigenvalue weighted by atomic mass is 35.5. The summed E-state index contributed by atoms with van der Waals surface area (Å²) in [6.45, 7) is 6.77. The van der Waals surface area contributed by atoms with Gasteiger partial charge in [0, 0.05) is 32.6 Å². The van der Waals surface area contributed by atoms with E-state index in [1.54, 1.807) is 6.07 Å². The number of aryl methyl sites for hydroxylation is 2. The fourth-order valence-electron chi connectivity index (χ4n) is 3.10. The first-order chi connectivity index (χ1) is 11.5. The number of hydrogen-bond donors (Lipinski definition) is 1. The third-order valence-electron chi connectivity index (χ3n) is 4.54. The van der Waals surface area contributed by atoms with E-state index < -0.39 is 0 Å². The largest absolute Gasteiger partial charge is 0.466 e. The molecular weight excluding hydrogens is 342 g/mol. The minimum absolute atomic E-state index is 0. The van der Waals surface area contributed by atoms with Crippen LogP contribution >= 0.6 is 12.4 Å². The van der Waals surface area contributed by atoms with Gasteiger partial charge in [0.1, 0.15) is 11.5 Å². The second kappa shape index (κ2) is 10.5. The van der Waals surface area contributed by atoms with E-state index in [2.05, 4.69) is 0 Å². The van der Waals surface area contributed by atoms with Crippen LogP contribution < -0.4 is 5.73 Å². The van der Waals surface area contributed by atoms with E-state index in [0.717, 1.165) is 38.0 Å². The van der Waals surface area contributed by atoms with E-state index in [1.165, 1.54) is 0 Å². The summed E-state index contributed by atoms with van der Waals surface area (Å²) in [5.41, 5.74) is 6.10. The maximum atomic E-state index is 12.5. The average Bonchev–Trinajstić information content (AvgIpc) is 2.92. The quantitative estimate of drug-likeness (QED) is 0.747. The Hall–Kier alpha value is -1.53. The van der Waals surface area contributed by atoms with Crippen LogP contribution in [0.25, 0.3) is 0 Å². The predicted molar refractivity (Wildman–Crippen MR) is 100 cm³/mol. The molecule has 1 aromatic rings. The molecule has 2 N–H and O–H groups in total. The number of nitrogens with zero attached hydrogens (tertiary/aromatic N) is 2. The van der Waals surface area contributed by atoms with Gasteiger partial charge >= 0.3 is 0 Å². The van der Waals surface area contributed by atoms with E-state index in [4.69, 9.17) is 10.2 Å². The van der Waals surface area contributed by atoms with Crippen molar-refractivity contribution >= 4 is 24.2 Å². The Balaban J connectivity index is 0.00000312. The van der Waals surface area contributed by atoms with Gasteiger partial charge in [-0.2, -0.15) is 0 Å². The van der Waals surface area contributed by atoms with Crippen LogP contribution in [0.4, 0.5) is 0 Å². The molecule has 2 amide bonds. The van der Waals surface area contributed by atoms with Crippen molar-refractivity contribution in [1.29, 1.82) is 0 Å². The molecule has 0 bridgehead atoms. The average molecular weight is 372 g/mol. The normalized spacial score (nSPS) is 14.4. The lowest BCUT2D eigenvalue weighted by Gasteiger charge is -2.34. The molecule has 0 aliphatic carbocycles. The van der Waals surface area contributed by atoms with Crippen molar-refractivity contribution in [2.45, 2.75) is 46.0 Å². The Morgan fingerprint density at radius 2 is 1.64 bits per heavy atom. The number of unbranched alkanes of at least 4 members (excludes halogenated alkanes) is 3. The van der Waals surface area contributed by atoms with Gasteiger partial charge in [0.2, 0.25) is 5.91 Å². The molecule has 6 nitrogen and oxygen atoms in total. The topological polar surface area (TPSA) is 79.8 Å². The van der Waals surface area contributed by atoms with E-state index in [-0.39, 0.29) is 24.2 Å². The maximum absolute atomic E-state index is 12.5. The zero-order valence-corrected chi connectivity index (χ0v) is 16.1. The van der Waals surface area contributed by atoms with Gasteiger partial charge in [-0.25, -0.2) is 0 Å². The smallest absolute Gasteiger partial charge is 0.257 e. The number of hydrogen-bond acceptors (Lipinski definition) is 4. The zero-order chi connectivity index (χ0) is 17.5. The Morgan fingerprint density at radius 3 is 2.20 bits per heavy atom. The van der Waals surface area contributed by atoms with Gasteiger partial charge in [-0.15, -0.1) is 12.4 Å². The number of piperazine rings is 1. The number of rotatable bonds is 7. The van der Waals surface area contributed by atoms with Crippen molar-refractivity contribution in [3.8, 4) is 0 Å². The molecule has 0 atom stereocenters. The van der Waals surface area contributed by atoms with Crippen LogP contribution in [0.15, 0.2) is 10.5 Å². The summed E-state index contributed by atoms with van der Waals surface area (Å²) in [5, 5.41) is 0. The minimum Gasteiger partial charge on any atom is -0.466 e. The highest BCUT2D eigenvalue weighted by Gasteiger charge is 2.26. The van der Waals surface area contributed by atoms with E-state index in [1.807, 2.05) is 23.6 Å². The molecule has 0 unspecified atom stereocenters. The molecule has 1 aromatic heterocycles. The summed E-state index contributed by atoms with van der Waals surface area (Å²) in [7, 11) is 0. The molecule has 0 radical (unpaired) electrons. The predicted octanol–water partition coefficient (Wildman–Crippen LogP) is 2.51. The summed E-state index contributed by atoms with van der Waals surface area (Å²) in [6, 6.07) is 1.79. The molecule has 142 valence electrons. The van der Waals surface area contributed by atoms with E-state index in [0.29, 0.717) is 43.9 Å². The monoisotopic (exact) mass is 371 g/mol. The van der Waals surface area contributed by atoms with Gasteiger partial charge in [-0.05, 0) is 39.3 Å². The van der Waals surface area contributed by atoms with Crippen molar-refractivity contribution in [1.82, 2.24) is 9.80 Å². The van der Waals surface area contributed by atoms with Crippen molar-refractivity contribution < 1.29 is 14.0 Å². The van der Waals surface area contributed by atoms with Gasteiger partial charge in [-0.1, -0.05) is 12.8 Å². The Morgan fingerprint density at radius 1 is 1.04 bits per heavy atom. The van der Waals surface area contributed by atoms with Crippen LogP contribution in [-0.4, -0.2) is 54.3 Å². The van der Waals surface area contributed by atoms with Crippen LogP contribution in [0.3, 0.4) is 0 Å². The molecule has 25 heavy (non-hydrogen) atoms. The molecule has 2 rings (SSSR count). The van der Waals surface area contributed by atoms with Gasteiger partial charge in [-0.3, -0.25) is 9.59 Å². The molecule has 0 saturated carbocycles. The molecule has 7 heteroatoms. The van der Waals surface area contributed by atoms with Crippen molar-refractivity contribution in [2.24, 2.45) is 5.73 Å². The molecule has 1 aliphatic heterocycles. The van der Waals surface area contributed by atoms with Crippen LogP contribution in [-0.2, 0) is 4.79 Å². The number of furan rings is 1. The minimum atomic E-state index is -0.00164. The third kappa shape index (κ3) is 6.04. The highest BCUT2D eigenvalue weighted by molar-refractivity contribution is 5.95. The fourth-order valence-corrected chi connectivity index (χ4v) is 3.10. The van der Waals surface area contributed by atoms with Gasteiger partial charge in [0.15, 0.2) is 0 Å². The molecule has 0 spiro atoms. The van der Waals surface area contributed by atoms with E-state index >= 15 is 0 Å². The van der Waals surface area contributed by atoms with Gasteiger partial charge < -0.3 is 20.0 Å². The number of carbonyl (C=O) groups excluding carboxylic acids is 2. The standard InChI is InChI=1S/C18H29N3O3.ClH/c1-14-13-16(15(2)24-14)18(23)21-11-9-20(10-12-21)17(22)7-5-3-4-6-8-19;/h13H,3-12,19H2,1-2H3;1H. The van der Waals surface area contributed by atoms with Crippen molar-refractivity contribution in [3.63, 3.8) is 0 Å². The van der Waals surface area contributed by atoms with Crippen LogP contribution in [0.1, 0.15) is 54.0 Å². The molecule has 1 aliphatic rings. The van der Waals surface area contributed by atoms with Crippen molar-refractivity contribution in [3.05, 3.63) is 23.2 Å². The third-order valence-corrected chi connectivity index (χ3v) is 4.54. The summed E-state index contributed by atoms with van der Waals surface area (Å²) < 4.78 is 5.44. The highest BCUT2D eigenvalue weighted by Crippen LogP contribution is 2.17. The zero-order valence-electron chi connectivity index (χ0n) is 15.3. The van der Waals surface area contributed by atoms with Gasteiger partial charge in [0.25, 0.3) is 5.91 Å². The lowest BCUT2D eigenvalue weighted by Crippen LogP contribution is -2.50. The molecular formula is C18H30ClN3O3. The Bertz CT molecular complexity index is 566. The molecule has 1 fully saturated rings. The van der Waals surface area contributed by atoms with Crippen LogP contribution in [0, 0.1) is 13.8 Å². The van der Waals surface area contributed by atoms with Crippen molar-refractivity contribution in [2.75, 3.05) is 32.7 Å². The fraction of sp³-hybridized carbons (Fsp3) is 0.667. The number of halogens is 1. The second-order valence-electron chi connectivity index (χ2n) is 6.45. The van der Waals surface area contributed by atoms with Gasteiger partial charge in [0.05, 0.1) is 5.56 Å². The van der Waals surface area contributed by atoms with E-state index in [9.17, 15) is 9.59 Å². The van der Waals surface area contributed by atoms with Crippen LogP contribution in [0.2, 0.25) is 0 Å². The van der Waals surface area contributed by atoms with Crippen LogP contribution in [0.5, 0.6) is 0 Å². The first-order valence-electron chi connectivity index (χ1n) is 8.87. The molecule has 1 saturated heterocycles. The SMILES string of the molecule is Cc1cc(C(=O)N2CCN(C(=O)CCCCCCN)CC2)c(C)o1.Cl. The second-order valence-corrected chi connectivity index (χ2v) is 6.45. The summed E-state index contributed by atoms with van der Waals surface area (Å²) in [4.78, 5) is 28.4. The summed E-state index contributed by atoms with van der Waals surface area (Å²) in [6.07, 6.45) is 4.70. The number of nitrogens with two attached hydrogens (primary N) is 1. The number of carbonyl (C=O) groups is 2. The molecule has 2 heterocycles.